The summed E-state index contributed by atoms with van der Waals surface area (Å²) < 4.78 is 5.16. The SMILES string of the molecule is CC(NC(=O)c1cc(-c2ccccc2)no1)c1ccccc1. The van der Waals surface area contributed by atoms with Crippen molar-refractivity contribution in [1.82, 2.24) is 10.5 Å². The Morgan fingerprint density at radius 2 is 1.68 bits per heavy atom. The van der Waals surface area contributed by atoms with E-state index in [0.29, 0.717) is 5.69 Å². The minimum absolute atomic E-state index is 0.0982. The average Bonchev–Trinajstić information content (AvgIpc) is 3.06. The highest BCUT2D eigenvalue weighted by atomic mass is 16.5. The van der Waals surface area contributed by atoms with E-state index in [4.69, 9.17) is 4.52 Å². The number of nitrogens with zero attached hydrogens (tertiary/aromatic N) is 1. The van der Waals surface area contributed by atoms with Crippen molar-refractivity contribution >= 4 is 5.91 Å². The molecule has 22 heavy (non-hydrogen) atoms. The summed E-state index contributed by atoms with van der Waals surface area (Å²) in [6.45, 7) is 1.93. The highest BCUT2D eigenvalue weighted by Gasteiger charge is 2.16. The molecule has 0 fully saturated rings. The van der Waals surface area contributed by atoms with Crippen LogP contribution >= 0.6 is 0 Å². The molecule has 0 saturated carbocycles. The van der Waals surface area contributed by atoms with Gasteiger partial charge in [-0.15, -0.1) is 0 Å². The molecule has 0 radical (unpaired) electrons. The van der Waals surface area contributed by atoms with Crippen LogP contribution in [-0.2, 0) is 0 Å². The van der Waals surface area contributed by atoms with Crippen molar-refractivity contribution in [2.75, 3.05) is 0 Å². The van der Waals surface area contributed by atoms with Gasteiger partial charge in [-0.25, -0.2) is 0 Å². The van der Waals surface area contributed by atoms with Crippen LogP contribution in [0.25, 0.3) is 11.3 Å². The molecule has 0 aliphatic carbocycles. The summed E-state index contributed by atoms with van der Waals surface area (Å²) in [4.78, 5) is 12.2. The maximum Gasteiger partial charge on any atom is 0.290 e. The molecule has 3 aromatic rings. The molecule has 0 spiro atoms. The fraction of sp³-hybridized carbons (Fsp3) is 0.111. The molecule has 3 rings (SSSR count). The van der Waals surface area contributed by atoms with E-state index in [1.165, 1.54) is 0 Å². The largest absolute Gasteiger partial charge is 0.350 e. The molecule has 4 heteroatoms. The van der Waals surface area contributed by atoms with Crippen LogP contribution in [0.2, 0.25) is 0 Å². The van der Waals surface area contributed by atoms with Crippen molar-refractivity contribution in [3.05, 3.63) is 78.1 Å². The Morgan fingerprint density at radius 1 is 1.05 bits per heavy atom. The number of carbonyl (C=O) groups is 1. The average molecular weight is 292 g/mol. The third kappa shape index (κ3) is 3.06. The van der Waals surface area contributed by atoms with E-state index in [1.807, 2.05) is 67.6 Å². The van der Waals surface area contributed by atoms with Crippen LogP contribution in [0.3, 0.4) is 0 Å². The van der Waals surface area contributed by atoms with Crippen molar-refractivity contribution in [3.63, 3.8) is 0 Å². The summed E-state index contributed by atoms with van der Waals surface area (Å²) >= 11 is 0. The smallest absolute Gasteiger partial charge is 0.290 e. The van der Waals surface area contributed by atoms with Gasteiger partial charge in [0.05, 0.1) is 6.04 Å². The van der Waals surface area contributed by atoms with Crippen LogP contribution in [0.5, 0.6) is 0 Å². The van der Waals surface area contributed by atoms with Gasteiger partial charge in [-0.3, -0.25) is 4.79 Å². The van der Waals surface area contributed by atoms with Gasteiger partial charge >= 0.3 is 0 Å². The molecule has 1 heterocycles. The Kier molecular flexibility index (Phi) is 4.01. The van der Waals surface area contributed by atoms with E-state index in [1.54, 1.807) is 6.07 Å². The van der Waals surface area contributed by atoms with E-state index >= 15 is 0 Å². The predicted molar refractivity (Wildman–Crippen MR) is 84.3 cm³/mol. The van der Waals surface area contributed by atoms with Crippen LogP contribution in [0, 0.1) is 0 Å². The van der Waals surface area contributed by atoms with Crippen LogP contribution in [0.1, 0.15) is 29.1 Å². The first-order valence-corrected chi connectivity index (χ1v) is 7.12. The summed E-state index contributed by atoms with van der Waals surface area (Å²) in [6.07, 6.45) is 0. The van der Waals surface area contributed by atoms with Crippen LogP contribution in [0.4, 0.5) is 0 Å². The van der Waals surface area contributed by atoms with Crippen molar-refractivity contribution in [3.8, 4) is 11.3 Å². The zero-order valence-corrected chi connectivity index (χ0v) is 12.2. The molecule has 1 atom stereocenters. The Hall–Kier alpha value is -2.88. The summed E-state index contributed by atoms with van der Waals surface area (Å²) in [5.41, 5.74) is 2.61. The first kappa shape index (κ1) is 14.1. The first-order chi connectivity index (χ1) is 10.7. The van der Waals surface area contributed by atoms with Gasteiger partial charge in [0.2, 0.25) is 5.76 Å². The molecule has 2 aromatic carbocycles. The van der Waals surface area contributed by atoms with Gasteiger partial charge in [-0.2, -0.15) is 0 Å². The molecule has 1 aromatic heterocycles. The van der Waals surface area contributed by atoms with E-state index < -0.39 is 0 Å². The number of benzene rings is 2. The fourth-order valence-electron chi connectivity index (χ4n) is 2.22. The van der Waals surface area contributed by atoms with Crippen molar-refractivity contribution in [1.29, 1.82) is 0 Å². The van der Waals surface area contributed by atoms with Crippen LogP contribution in [0.15, 0.2) is 71.3 Å². The Balaban J connectivity index is 1.72. The van der Waals surface area contributed by atoms with Gasteiger partial charge < -0.3 is 9.84 Å². The zero-order valence-electron chi connectivity index (χ0n) is 12.2. The molecule has 0 bridgehead atoms. The molecular weight excluding hydrogens is 276 g/mol. The van der Waals surface area contributed by atoms with Crippen molar-refractivity contribution in [2.45, 2.75) is 13.0 Å². The fourth-order valence-corrected chi connectivity index (χ4v) is 2.22. The highest BCUT2D eigenvalue weighted by Crippen LogP contribution is 2.19. The van der Waals surface area contributed by atoms with Crippen LogP contribution < -0.4 is 5.32 Å². The Bertz CT molecular complexity index is 751. The van der Waals surface area contributed by atoms with Gasteiger partial charge in [0.15, 0.2) is 0 Å². The number of hydrogen-bond acceptors (Lipinski definition) is 3. The van der Waals surface area contributed by atoms with E-state index in [2.05, 4.69) is 10.5 Å². The number of amides is 1. The molecule has 110 valence electrons. The molecular formula is C18H16N2O2. The second kappa shape index (κ2) is 6.26. The predicted octanol–water partition coefficient (Wildman–Crippen LogP) is 3.83. The maximum absolute atomic E-state index is 12.2. The van der Waals surface area contributed by atoms with Gasteiger partial charge in [-0.1, -0.05) is 65.8 Å². The number of rotatable bonds is 4. The molecule has 0 aliphatic heterocycles. The third-order valence-electron chi connectivity index (χ3n) is 3.45. The van der Waals surface area contributed by atoms with Gasteiger partial charge in [-0.05, 0) is 12.5 Å². The molecule has 1 N–H and O–H groups in total. The molecule has 1 amide bonds. The summed E-state index contributed by atoms with van der Waals surface area (Å²) in [7, 11) is 0. The quantitative estimate of drug-likeness (QED) is 0.795. The lowest BCUT2D eigenvalue weighted by atomic mass is 10.1. The van der Waals surface area contributed by atoms with Crippen molar-refractivity contribution in [2.24, 2.45) is 0 Å². The lowest BCUT2D eigenvalue weighted by Crippen LogP contribution is -2.26. The van der Waals surface area contributed by atoms with Gasteiger partial charge in [0, 0.05) is 11.6 Å². The molecule has 0 aliphatic rings. The summed E-state index contributed by atoms with van der Waals surface area (Å²) in [6, 6.07) is 20.9. The first-order valence-electron chi connectivity index (χ1n) is 7.12. The lowest BCUT2D eigenvalue weighted by Gasteiger charge is -2.12. The van der Waals surface area contributed by atoms with Crippen molar-refractivity contribution < 1.29 is 9.32 Å². The van der Waals surface area contributed by atoms with Gasteiger partial charge in [0.1, 0.15) is 5.69 Å². The van der Waals surface area contributed by atoms with E-state index in [-0.39, 0.29) is 17.7 Å². The second-order valence-corrected chi connectivity index (χ2v) is 5.05. The highest BCUT2D eigenvalue weighted by molar-refractivity contribution is 5.92. The molecule has 0 saturated heterocycles. The van der Waals surface area contributed by atoms with E-state index in [0.717, 1.165) is 11.1 Å². The summed E-state index contributed by atoms with van der Waals surface area (Å²) in [5.74, 6) is -0.0623. The number of carbonyl (C=O) groups excluding carboxylic acids is 1. The minimum Gasteiger partial charge on any atom is -0.350 e. The number of nitrogens with one attached hydrogen (secondary N) is 1. The standard InChI is InChI=1S/C18H16N2O2/c1-13(14-8-4-2-5-9-14)19-18(21)17-12-16(20-22-17)15-10-6-3-7-11-15/h2-13H,1H3,(H,19,21). The zero-order chi connectivity index (χ0) is 15.4. The molecule has 1 unspecified atom stereocenters. The number of aromatic nitrogens is 1. The maximum atomic E-state index is 12.2. The Morgan fingerprint density at radius 3 is 2.36 bits per heavy atom. The second-order valence-electron chi connectivity index (χ2n) is 5.05. The topological polar surface area (TPSA) is 55.1 Å². The summed E-state index contributed by atoms with van der Waals surface area (Å²) in [5, 5.41) is 6.86. The van der Waals surface area contributed by atoms with Crippen LogP contribution in [-0.4, -0.2) is 11.1 Å². The third-order valence-corrected chi connectivity index (χ3v) is 3.45. The number of hydrogen-bond donors (Lipinski definition) is 1. The lowest BCUT2D eigenvalue weighted by molar-refractivity contribution is 0.0902. The monoisotopic (exact) mass is 292 g/mol. The van der Waals surface area contributed by atoms with Gasteiger partial charge in [0.25, 0.3) is 5.91 Å². The minimum atomic E-state index is -0.272. The normalized spacial score (nSPS) is 11.9. The Labute approximate surface area is 128 Å². The molecule has 4 nitrogen and oxygen atoms in total. The van der Waals surface area contributed by atoms with E-state index in [9.17, 15) is 4.79 Å².